The molecule has 0 aliphatic heterocycles. The van der Waals surface area contributed by atoms with Gasteiger partial charge in [-0.05, 0) is 17.2 Å². The third-order valence-corrected chi connectivity index (χ3v) is 3.01. The van der Waals surface area contributed by atoms with Crippen molar-refractivity contribution in [3.63, 3.8) is 0 Å². The van der Waals surface area contributed by atoms with Crippen LogP contribution in [0.25, 0.3) is 16.7 Å². The second-order valence-corrected chi connectivity index (χ2v) is 4.25. The summed E-state index contributed by atoms with van der Waals surface area (Å²) in [6.45, 7) is 3.52. The summed E-state index contributed by atoms with van der Waals surface area (Å²) in [6.07, 6.45) is 0. The highest BCUT2D eigenvalue weighted by Gasteiger charge is 2.08. The molecule has 0 unspecified atom stereocenters. The Morgan fingerprint density at radius 3 is 2.22 bits per heavy atom. The van der Waals surface area contributed by atoms with Gasteiger partial charge in [0.2, 0.25) is 0 Å². The zero-order valence-corrected chi connectivity index (χ0v) is 10.3. The number of hydrogen-bond donors (Lipinski definition) is 1. The molecule has 0 radical (unpaired) electrons. The van der Waals surface area contributed by atoms with E-state index in [4.69, 9.17) is 16.7 Å². The number of benzene rings is 2. The van der Waals surface area contributed by atoms with Crippen molar-refractivity contribution in [2.24, 2.45) is 0 Å². The molecule has 1 N–H and O–H groups in total. The Labute approximate surface area is 110 Å². The molecule has 2 aromatic rings. The molecule has 2 rings (SSSR count). The predicted octanol–water partition coefficient (Wildman–Crippen LogP) is 4.10. The van der Waals surface area contributed by atoms with E-state index in [-0.39, 0.29) is 5.57 Å². The van der Waals surface area contributed by atoms with Crippen molar-refractivity contribution in [3.8, 4) is 11.1 Å². The van der Waals surface area contributed by atoms with Crippen LogP contribution in [-0.4, -0.2) is 11.1 Å². The van der Waals surface area contributed by atoms with Crippen LogP contribution in [0.2, 0.25) is 5.02 Å². The van der Waals surface area contributed by atoms with Crippen LogP contribution in [-0.2, 0) is 4.79 Å². The second-order valence-electron chi connectivity index (χ2n) is 3.84. The van der Waals surface area contributed by atoms with Gasteiger partial charge in [0.15, 0.2) is 0 Å². The van der Waals surface area contributed by atoms with Crippen molar-refractivity contribution in [1.82, 2.24) is 0 Å². The molecular weight excluding hydrogens is 248 g/mol. The maximum atomic E-state index is 10.8. The van der Waals surface area contributed by atoms with E-state index in [1.54, 1.807) is 12.1 Å². The summed E-state index contributed by atoms with van der Waals surface area (Å²) in [7, 11) is 0. The lowest BCUT2D eigenvalue weighted by atomic mass is 10.0. The molecule has 18 heavy (non-hydrogen) atoms. The molecule has 90 valence electrons. The molecule has 0 saturated carbocycles. The summed E-state index contributed by atoms with van der Waals surface area (Å²) in [5.74, 6) is -1.01. The first kappa shape index (κ1) is 12.4. The monoisotopic (exact) mass is 258 g/mol. The van der Waals surface area contributed by atoms with Crippen LogP contribution in [0, 0.1) is 0 Å². The van der Waals surface area contributed by atoms with E-state index in [9.17, 15) is 4.79 Å². The lowest BCUT2D eigenvalue weighted by Crippen LogP contribution is -1.97. The third kappa shape index (κ3) is 2.44. The van der Waals surface area contributed by atoms with Crippen molar-refractivity contribution in [2.45, 2.75) is 0 Å². The van der Waals surface area contributed by atoms with Gasteiger partial charge in [-0.1, -0.05) is 60.6 Å². The fourth-order valence-corrected chi connectivity index (χ4v) is 1.91. The standard InChI is InChI=1S/C15H11ClO2/c1-10(15(17)18)11-6-8-12(9-7-11)13-4-2-3-5-14(13)16/h2-9H,1H2,(H,17,18). The molecular formula is C15H11ClO2. The SMILES string of the molecule is C=C(C(=O)O)c1ccc(-c2ccccc2Cl)cc1. The summed E-state index contributed by atoms with van der Waals surface area (Å²) < 4.78 is 0. The van der Waals surface area contributed by atoms with Gasteiger partial charge in [-0.3, -0.25) is 0 Å². The fourth-order valence-electron chi connectivity index (χ4n) is 1.67. The average molecular weight is 259 g/mol. The Morgan fingerprint density at radius 1 is 1.06 bits per heavy atom. The van der Waals surface area contributed by atoms with E-state index in [1.165, 1.54) is 0 Å². The maximum Gasteiger partial charge on any atom is 0.335 e. The van der Waals surface area contributed by atoms with Gasteiger partial charge in [0.05, 0.1) is 5.57 Å². The molecule has 3 heteroatoms. The summed E-state index contributed by atoms with van der Waals surface area (Å²) in [5.41, 5.74) is 2.55. The number of carboxylic acids is 1. The predicted molar refractivity (Wildman–Crippen MR) is 73.6 cm³/mol. The Morgan fingerprint density at radius 2 is 1.67 bits per heavy atom. The van der Waals surface area contributed by atoms with Crippen molar-refractivity contribution in [3.05, 3.63) is 65.7 Å². The number of aliphatic carboxylic acids is 1. The summed E-state index contributed by atoms with van der Waals surface area (Å²) >= 11 is 6.10. The summed E-state index contributed by atoms with van der Waals surface area (Å²) in [5, 5.41) is 9.51. The van der Waals surface area contributed by atoms with Crippen LogP contribution in [0.5, 0.6) is 0 Å². The minimum absolute atomic E-state index is 0.0840. The molecule has 0 bridgehead atoms. The van der Waals surface area contributed by atoms with Crippen molar-refractivity contribution in [1.29, 1.82) is 0 Å². The fraction of sp³-hybridized carbons (Fsp3) is 0. The Balaban J connectivity index is 2.37. The molecule has 2 aromatic carbocycles. The average Bonchev–Trinajstić information content (AvgIpc) is 2.38. The topological polar surface area (TPSA) is 37.3 Å². The highest BCUT2D eigenvalue weighted by Crippen LogP contribution is 2.28. The largest absolute Gasteiger partial charge is 0.478 e. The number of carbonyl (C=O) groups is 1. The zero-order valence-electron chi connectivity index (χ0n) is 9.56. The molecule has 0 atom stereocenters. The van der Waals surface area contributed by atoms with Gasteiger partial charge in [-0.2, -0.15) is 0 Å². The Hall–Kier alpha value is -2.06. The van der Waals surface area contributed by atoms with E-state index < -0.39 is 5.97 Å². The van der Waals surface area contributed by atoms with E-state index >= 15 is 0 Å². The van der Waals surface area contributed by atoms with Crippen molar-refractivity contribution < 1.29 is 9.90 Å². The lowest BCUT2D eigenvalue weighted by molar-refractivity contribution is -0.130. The van der Waals surface area contributed by atoms with E-state index in [1.807, 2.05) is 36.4 Å². The first-order valence-corrected chi connectivity index (χ1v) is 5.75. The van der Waals surface area contributed by atoms with Crippen LogP contribution in [0.4, 0.5) is 0 Å². The molecule has 0 saturated heterocycles. The van der Waals surface area contributed by atoms with Gasteiger partial charge in [0, 0.05) is 10.6 Å². The van der Waals surface area contributed by atoms with Gasteiger partial charge in [0.1, 0.15) is 0 Å². The molecule has 0 amide bonds. The van der Waals surface area contributed by atoms with Crippen LogP contribution in [0.3, 0.4) is 0 Å². The van der Waals surface area contributed by atoms with Gasteiger partial charge in [-0.15, -0.1) is 0 Å². The summed E-state index contributed by atoms with van der Waals surface area (Å²) in [4.78, 5) is 10.8. The normalized spacial score (nSPS) is 10.1. The van der Waals surface area contributed by atoms with E-state index in [0.717, 1.165) is 11.1 Å². The smallest absolute Gasteiger partial charge is 0.335 e. The second kappa shape index (κ2) is 5.07. The summed E-state index contributed by atoms with van der Waals surface area (Å²) in [6, 6.07) is 14.7. The molecule has 0 aromatic heterocycles. The van der Waals surface area contributed by atoms with Gasteiger partial charge < -0.3 is 5.11 Å². The third-order valence-electron chi connectivity index (χ3n) is 2.68. The van der Waals surface area contributed by atoms with Crippen molar-refractivity contribution >= 4 is 23.1 Å². The molecule has 0 aliphatic rings. The Kier molecular flexibility index (Phi) is 3.49. The number of carboxylic acid groups (broad SMARTS) is 1. The van der Waals surface area contributed by atoms with Crippen LogP contribution < -0.4 is 0 Å². The first-order valence-electron chi connectivity index (χ1n) is 5.37. The van der Waals surface area contributed by atoms with Gasteiger partial charge in [0.25, 0.3) is 0 Å². The van der Waals surface area contributed by atoms with E-state index in [0.29, 0.717) is 10.6 Å². The number of halogens is 1. The zero-order chi connectivity index (χ0) is 13.1. The van der Waals surface area contributed by atoms with Gasteiger partial charge >= 0.3 is 5.97 Å². The number of hydrogen-bond acceptors (Lipinski definition) is 1. The van der Waals surface area contributed by atoms with Crippen LogP contribution >= 0.6 is 11.6 Å². The maximum absolute atomic E-state index is 10.8. The quantitative estimate of drug-likeness (QED) is 0.842. The lowest BCUT2D eigenvalue weighted by Gasteiger charge is -2.06. The minimum atomic E-state index is -1.01. The van der Waals surface area contributed by atoms with Gasteiger partial charge in [-0.25, -0.2) is 4.79 Å². The number of rotatable bonds is 3. The first-order chi connectivity index (χ1) is 8.59. The highest BCUT2D eigenvalue weighted by molar-refractivity contribution is 6.33. The Bertz CT molecular complexity index is 600. The minimum Gasteiger partial charge on any atom is -0.478 e. The van der Waals surface area contributed by atoms with Crippen molar-refractivity contribution in [2.75, 3.05) is 0 Å². The molecule has 0 spiro atoms. The molecule has 2 nitrogen and oxygen atoms in total. The molecule has 0 heterocycles. The highest BCUT2D eigenvalue weighted by atomic mass is 35.5. The van der Waals surface area contributed by atoms with E-state index in [2.05, 4.69) is 6.58 Å². The molecule has 0 aliphatic carbocycles. The molecule has 0 fully saturated rings. The van der Waals surface area contributed by atoms with Crippen LogP contribution in [0.1, 0.15) is 5.56 Å². The van der Waals surface area contributed by atoms with Crippen LogP contribution in [0.15, 0.2) is 55.1 Å².